The van der Waals surface area contributed by atoms with Crippen molar-refractivity contribution in [1.82, 2.24) is 15.2 Å². The van der Waals surface area contributed by atoms with Crippen LogP contribution < -0.4 is 15.7 Å². The van der Waals surface area contributed by atoms with E-state index in [0.29, 0.717) is 16.3 Å². The maximum Gasteiger partial charge on any atom is 0.274 e. The molecule has 2 aromatic carbocycles. The molecule has 0 aliphatic heterocycles. The summed E-state index contributed by atoms with van der Waals surface area (Å²) in [6.45, 7) is 1.52. The lowest BCUT2D eigenvalue weighted by Crippen LogP contribution is -2.15. The molecule has 1 aromatic heterocycles. The Morgan fingerprint density at radius 2 is 2.07 bits per heavy atom. The Kier molecular flexibility index (Phi) is 5.77. The number of rotatable bonds is 6. The van der Waals surface area contributed by atoms with Crippen molar-refractivity contribution in [2.75, 3.05) is 5.43 Å². The normalized spacial score (nSPS) is 10.9. The van der Waals surface area contributed by atoms with Gasteiger partial charge in [-0.15, -0.1) is 10.2 Å². The summed E-state index contributed by atoms with van der Waals surface area (Å²) in [6.07, 6.45) is 1.48. The van der Waals surface area contributed by atoms with E-state index in [1.54, 1.807) is 37.3 Å². The van der Waals surface area contributed by atoms with Crippen LogP contribution in [0.2, 0.25) is 5.02 Å². The van der Waals surface area contributed by atoms with Crippen LogP contribution in [0, 0.1) is 12.7 Å². The minimum atomic E-state index is -0.433. The zero-order valence-electron chi connectivity index (χ0n) is 14.2. The number of H-pyrrole nitrogens is 1. The maximum atomic E-state index is 13.9. The second-order valence-corrected chi connectivity index (χ2v) is 5.89. The molecule has 9 heteroatoms. The van der Waals surface area contributed by atoms with Crippen LogP contribution in [-0.4, -0.2) is 21.4 Å². The van der Waals surface area contributed by atoms with Crippen molar-refractivity contribution in [3.63, 3.8) is 0 Å². The number of ether oxygens (including phenoxy) is 1. The van der Waals surface area contributed by atoms with Crippen LogP contribution in [0.15, 0.2) is 52.4 Å². The number of hydrogen-bond acceptors (Lipinski definition) is 6. The van der Waals surface area contributed by atoms with Crippen molar-refractivity contribution in [3.05, 3.63) is 80.5 Å². The van der Waals surface area contributed by atoms with Crippen molar-refractivity contribution in [2.45, 2.75) is 13.5 Å². The van der Waals surface area contributed by atoms with Crippen LogP contribution in [-0.2, 0) is 6.61 Å². The molecule has 1 heterocycles. The molecule has 138 valence electrons. The average Bonchev–Trinajstić information content (AvgIpc) is 2.65. The first kappa shape index (κ1) is 18.5. The van der Waals surface area contributed by atoms with Crippen LogP contribution in [0.5, 0.6) is 5.75 Å². The first-order valence-electron chi connectivity index (χ1n) is 7.92. The van der Waals surface area contributed by atoms with Gasteiger partial charge in [-0.05, 0) is 31.2 Å². The zero-order valence-corrected chi connectivity index (χ0v) is 15.0. The molecule has 3 rings (SSSR count). The first-order valence-corrected chi connectivity index (χ1v) is 8.30. The third-order valence-corrected chi connectivity index (χ3v) is 3.94. The monoisotopic (exact) mass is 387 g/mol. The number of benzene rings is 2. The van der Waals surface area contributed by atoms with E-state index in [0.717, 1.165) is 0 Å². The molecule has 0 bridgehead atoms. The van der Waals surface area contributed by atoms with Crippen LogP contribution in [0.3, 0.4) is 0 Å². The molecule has 0 atom stereocenters. The third kappa shape index (κ3) is 4.68. The minimum Gasteiger partial charge on any atom is -0.488 e. The molecular weight excluding hydrogens is 373 g/mol. The van der Waals surface area contributed by atoms with E-state index in [1.165, 1.54) is 18.3 Å². The Morgan fingerprint density at radius 3 is 2.85 bits per heavy atom. The number of nitrogens with one attached hydrogen (secondary N) is 2. The highest BCUT2D eigenvalue weighted by atomic mass is 35.5. The first-order chi connectivity index (χ1) is 13.0. The SMILES string of the molecule is Cc1nnc(N/N=C/c2ccccc2OCc2c(F)cccc2Cl)[nH]c1=O. The molecule has 0 unspecified atom stereocenters. The van der Waals surface area contributed by atoms with Crippen LogP contribution in [0.4, 0.5) is 10.3 Å². The molecule has 7 nitrogen and oxygen atoms in total. The van der Waals surface area contributed by atoms with E-state index in [-0.39, 0.29) is 29.4 Å². The Hall–Kier alpha value is -3.26. The van der Waals surface area contributed by atoms with Crippen molar-refractivity contribution >= 4 is 23.8 Å². The highest BCUT2D eigenvalue weighted by molar-refractivity contribution is 6.31. The number of aryl methyl sites for hydroxylation is 1. The summed E-state index contributed by atoms with van der Waals surface area (Å²) in [5.41, 5.74) is 3.40. The predicted molar refractivity (Wildman–Crippen MR) is 101 cm³/mol. The maximum absolute atomic E-state index is 13.9. The molecule has 0 aliphatic carbocycles. The van der Waals surface area contributed by atoms with Crippen LogP contribution in [0.25, 0.3) is 0 Å². The van der Waals surface area contributed by atoms with Gasteiger partial charge in [0.2, 0.25) is 5.95 Å². The number of aromatic nitrogens is 3. The molecule has 2 N–H and O–H groups in total. The number of anilines is 1. The second kappa shape index (κ2) is 8.41. The lowest BCUT2D eigenvalue weighted by Gasteiger charge is -2.10. The van der Waals surface area contributed by atoms with E-state index < -0.39 is 5.82 Å². The highest BCUT2D eigenvalue weighted by Gasteiger charge is 2.09. The van der Waals surface area contributed by atoms with E-state index in [1.807, 2.05) is 0 Å². The molecule has 0 spiro atoms. The summed E-state index contributed by atoms with van der Waals surface area (Å²) in [6, 6.07) is 11.5. The summed E-state index contributed by atoms with van der Waals surface area (Å²) in [7, 11) is 0. The summed E-state index contributed by atoms with van der Waals surface area (Å²) >= 11 is 6.01. The summed E-state index contributed by atoms with van der Waals surface area (Å²) in [5, 5.41) is 11.8. The predicted octanol–water partition coefficient (Wildman–Crippen LogP) is 3.29. The zero-order chi connectivity index (χ0) is 19.2. The molecule has 0 fully saturated rings. The standard InChI is InChI=1S/C18H15ClFN5O2/c1-11-17(26)22-18(25-23-11)24-21-9-12-5-2-3-8-16(12)27-10-13-14(19)6-4-7-15(13)20/h2-9H,10H2,1H3,(H2,22,24,25,26)/b21-9+. The van der Waals surface area contributed by atoms with Crippen LogP contribution in [0.1, 0.15) is 16.8 Å². The quantitative estimate of drug-likeness (QED) is 0.500. The van der Waals surface area contributed by atoms with Gasteiger partial charge in [0.15, 0.2) is 0 Å². The fourth-order valence-corrected chi connectivity index (χ4v) is 2.36. The third-order valence-electron chi connectivity index (χ3n) is 3.59. The lowest BCUT2D eigenvalue weighted by molar-refractivity contribution is 0.299. The van der Waals surface area contributed by atoms with Crippen molar-refractivity contribution in [1.29, 1.82) is 0 Å². The van der Waals surface area contributed by atoms with Gasteiger partial charge >= 0.3 is 0 Å². The van der Waals surface area contributed by atoms with Gasteiger partial charge in [-0.3, -0.25) is 9.78 Å². The van der Waals surface area contributed by atoms with Gasteiger partial charge in [-0.2, -0.15) is 5.10 Å². The van der Waals surface area contributed by atoms with Crippen molar-refractivity contribution in [3.8, 4) is 5.75 Å². The van der Waals surface area contributed by atoms with Gasteiger partial charge < -0.3 is 4.74 Å². The number of para-hydroxylation sites is 1. The number of nitrogens with zero attached hydrogens (tertiary/aromatic N) is 3. The minimum absolute atomic E-state index is 0.0272. The van der Waals surface area contributed by atoms with E-state index in [9.17, 15) is 9.18 Å². The second-order valence-electron chi connectivity index (χ2n) is 5.48. The van der Waals surface area contributed by atoms with E-state index >= 15 is 0 Å². The molecule has 0 radical (unpaired) electrons. The Bertz CT molecular complexity index is 1020. The molecule has 0 saturated heterocycles. The van der Waals surface area contributed by atoms with E-state index in [2.05, 4.69) is 25.7 Å². The Morgan fingerprint density at radius 1 is 1.26 bits per heavy atom. The molecular formula is C18H15ClFN5O2. The topological polar surface area (TPSA) is 92.3 Å². The number of halogens is 2. The highest BCUT2D eigenvalue weighted by Crippen LogP contribution is 2.23. The van der Waals surface area contributed by atoms with E-state index in [4.69, 9.17) is 16.3 Å². The number of hydrogen-bond donors (Lipinski definition) is 2. The molecule has 0 amide bonds. The summed E-state index contributed by atoms with van der Waals surface area (Å²) < 4.78 is 19.6. The van der Waals surface area contributed by atoms with Gasteiger partial charge in [0.1, 0.15) is 23.9 Å². The molecule has 27 heavy (non-hydrogen) atoms. The summed E-state index contributed by atoms with van der Waals surface area (Å²) in [5.74, 6) is 0.168. The largest absolute Gasteiger partial charge is 0.488 e. The number of aromatic amines is 1. The van der Waals surface area contributed by atoms with Gasteiger partial charge in [0.25, 0.3) is 5.56 Å². The molecule has 0 saturated carbocycles. The van der Waals surface area contributed by atoms with Crippen molar-refractivity contribution in [2.24, 2.45) is 5.10 Å². The van der Waals surface area contributed by atoms with Crippen molar-refractivity contribution < 1.29 is 9.13 Å². The lowest BCUT2D eigenvalue weighted by atomic mass is 10.2. The Balaban J connectivity index is 1.72. The van der Waals surface area contributed by atoms with Gasteiger partial charge in [-0.1, -0.05) is 29.8 Å². The Labute approximate surface area is 158 Å². The van der Waals surface area contributed by atoms with Crippen LogP contribution >= 0.6 is 11.6 Å². The van der Waals surface area contributed by atoms with Gasteiger partial charge in [0, 0.05) is 11.1 Å². The fraction of sp³-hybridized carbons (Fsp3) is 0.111. The van der Waals surface area contributed by atoms with Gasteiger partial charge in [0.05, 0.1) is 11.2 Å². The average molecular weight is 388 g/mol. The molecule has 3 aromatic rings. The van der Waals surface area contributed by atoms with Gasteiger partial charge in [-0.25, -0.2) is 9.82 Å². The fourth-order valence-electron chi connectivity index (χ4n) is 2.15. The molecule has 0 aliphatic rings. The summed E-state index contributed by atoms with van der Waals surface area (Å²) in [4.78, 5) is 14.0. The number of hydrazone groups is 1. The smallest absolute Gasteiger partial charge is 0.274 e.